The van der Waals surface area contributed by atoms with Crippen LogP contribution in [0.5, 0.6) is 34.5 Å². The number of ketones is 1. The summed E-state index contributed by atoms with van der Waals surface area (Å²) >= 11 is 0. The van der Waals surface area contributed by atoms with Crippen molar-refractivity contribution in [2.75, 3.05) is 0 Å². The molecule has 0 saturated heterocycles. The predicted octanol–water partition coefficient (Wildman–Crippen LogP) is 1.29. The number of phenolic OH excluding ortho intramolecular Hbond substituents is 6. The minimum atomic E-state index is -1.51. The summed E-state index contributed by atoms with van der Waals surface area (Å²) in [5, 5.41) is 55.7. The molecule has 0 atom stereocenters. The van der Waals surface area contributed by atoms with Gasteiger partial charge in [0.2, 0.25) is 11.5 Å². The van der Waals surface area contributed by atoms with Crippen LogP contribution in [-0.2, 0) is 0 Å². The first kappa shape index (κ1) is 14.3. The van der Waals surface area contributed by atoms with E-state index in [1.807, 2.05) is 0 Å². The van der Waals surface area contributed by atoms with Gasteiger partial charge in [-0.15, -0.1) is 0 Å². The van der Waals surface area contributed by atoms with Crippen molar-refractivity contribution in [1.29, 1.82) is 0 Å². The van der Waals surface area contributed by atoms with Crippen LogP contribution >= 0.6 is 0 Å². The van der Waals surface area contributed by atoms with Crippen LogP contribution in [0.1, 0.15) is 15.9 Å². The molecule has 0 aliphatic rings. The highest BCUT2D eigenvalue weighted by molar-refractivity contribution is 6.12. The lowest BCUT2D eigenvalue weighted by Gasteiger charge is -2.10. The zero-order valence-corrected chi connectivity index (χ0v) is 10.2. The van der Waals surface area contributed by atoms with E-state index in [1.54, 1.807) is 0 Å². The molecule has 110 valence electrons. The lowest BCUT2D eigenvalue weighted by Crippen LogP contribution is -2.05. The fraction of sp³-hybridized carbons (Fsp3) is 0. The van der Waals surface area contributed by atoms with Gasteiger partial charge in [0, 0.05) is 0 Å². The Balaban J connectivity index is 2.64. The summed E-state index contributed by atoms with van der Waals surface area (Å²) in [7, 11) is 0. The van der Waals surface area contributed by atoms with Crippen LogP contribution in [0, 0.1) is 5.82 Å². The molecule has 2 aromatic rings. The maximum absolute atomic E-state index is 13.8. The summed E-state index contributed by atoms with van der Waals surface area (Å²) in [4.78, 5) is 12.1. The van der Waals surface area contributed by atoms with Crippen LogP contribution in [0.2, 0.25) is 0 Å². The number of rotatable bonds is 2. The summed E-state index contributed by atoms with van der Waals surface area (Å²) < 4.78 is 13.8. The molecule has 7 nitrogen and oxygen atoms in total. The Hall–Kier alpha value is -3.16. The smallest absolute Gasteiger partial charge is 0.203 e. The van der Waals surface area contributed by atoms with Crippen LogP contribution in [0.25, 0.3) is 0 Å². The third-order valence-corrected chi connectivity index (χ3v) is 2.81. The Morgan fingerprint density at radius 1 is 0.762 bits per heavy atom. The third kappa shape index (κ3) is 2.12. The van der Waals surface area contributed by atoms with E-state index in [-0.39, 0.29) is 0 Å². The van der Waals surface area contributed by atoms with Gasteiger partial charge in [-0.25, -0.2) is 4.39 Å². The van der Waals surface area contributed by atoms with Crippen LogP contribution < -0.4 is 0 Å². The van der Waals surface area contributed by atoms with Gasteiger partial charge in [0.05, 0.1) is 11.1 Å². The first-order chi connectivity index (χ1) is 9.75. The number of phenols is 6. The molecule has 0 saturated carbocycles. The number of carbonyl (C=O) groups excluding carboxylic acids is 1. The zero-order chi connectivity index (χ0) is 15.9. The number of carbonyl (C=O) groups is 1. The van der Waals surface area contributed by atoms with Crippen LogP contribution in [0.4, 0.5) is 4.39 Å². The van der Waals surface area contributed by atoms with Gasteiger partial charge in [-0.3, -0.25) is 4.79 Å². The molecule has 0 bridgehead atoms. The highest BCUT2D eigenvalue weighted by Crippen LogP contribution is 2.41. The van der Waals surface area contributed by atoms with Crippen molar-refractivity contribution >= 4 is 5.78 Å². The maximum atomic E-state index is 13.8. The minimum absolute atomic E-state index is 0.552. The second-order valence-electron chi connectivity index (χ2n) is 4.11. The largest absolute Gasteiger partial charge is 0.504 e. The van der Waals surface area contributed by atoms with Crippen LogP contribution in [-0.4, -0.2) is 36.4 Å². The summed E-state index contributed by atoms with van der Waals surface area (Å²) in [6.45, 7) is 0. The molecular formula is C13H9FO7. The fourth-order valence-electron chi connectivity index (χ4n) is 1.68. The molecule has 0 amide bonds. The standard InChI is InChI=1S/C13H9FO7/c14-8-5(3-7(16)12(20)13(8)21)9(17)4-1-2-6(15)11(19)10(4)18/h1-3,15-16,18-21H. The summed E-state index contributed by atoms with van der Waals surface area (Å²) in [5.74, 6) is -8.78. The van der Waals surface area contributed by atoms with E-state index in [9.17, 15) is 29.6 Å². The van der Waals surface area contributed by atoms with Gasteiger partial charge in [-0.2, -0.15) is 0 Å². The third-order valence-electron chi connectivity index (χ3n) is 2.81. The van der Waals surface area contributed by atoms with Crippen molar-refractivity contribution in [2.24, 2.45) is 0 Å². The topological polar surface area (TPSA) is 138 Å². The van der Waals surface area contributed by atoms with E-state index in [4.69, 9.17) is 10.2 Å². The number of aromatic hydroxyl groups is 6. The van der Waals surface area contributed by atoms with Crippen LogP contribution in [0.3, 0.4) is 0 Å². The average molecular weight is 296 g/mol. The SMILES string of the molecule is O=C(c1ccc(O)c(O)c1O)c1cc(O)c(O)c(O)c1F. The molecule has 0 fully saturated rings. The van der Waals surface area contributed by atoms with Gasteiger partial charge < -0.3 is 30.6 Å². The first-order valence-corrected chi connectivity index (χ1v) is 5.47. The Morgan fingerprint density at radius 3 is 1.95 bits per heavy atom. The molecule has 0 spiro atoms. The molecule has 2 aromatic carbocycles. The van der Waals surface area contributed by atoms with Gasteiger partial charge in [0.1, 0.15) is 0 Å². The number of hydrogen-bond acceptors (Lipinski definition) is 7. The van der Waals surface area contributed by atoms with Gasteiger partial charge in [-0.05, 0) is 18.2 Å². The Bertz CT molecular complexity index is 755. The van der Waals surface area contributed by atoms with Crippen molar-refractivity contribution < 1.29 is 39.8 Å². The summed E-state index contributed by atoms with van der Waals surface area (Å²) in [6, 6.07) is 2.35. The Labute approximate surface area is 116 Å². The van der Waals surface area contributed by atoms with E-state index in [2.05, 4.69) is 0 Å². The lowest BCUT2D eigenvalue weighted by molar-refractivity contribution is 0.103. The van der Waals surface area contributed by atoms with E-state index < -0.39 is 57.2 Å². The summed E-state index contributed by atoms with van der Waals surface area (Å²) in [6.07, 6.45) is 0. The molecule has 0 aliphatic heterocycles. The summed E-state index contributed by atoms with van der Waals surface area (Å²) in [5.41, 5.74) is -1.42. The number of benzene rings is 2. The fourth-order valence-corrected chi connectivity index (χ4v) is 1.68. The van der Waals surface area contributed by atoms with Crippen LogP contribution in [0.15, 0.2) is 18.2 Å². The van der Waals surface area contributed by atoms with E-state index >= 15 is 0 Å². The molecular weight excluding hydrogens is 287 g/mol. The molecule has 0 heterocycles. The second-order valence-corrected chi connectivity index (χ2v) is 4.11. The maximum Gasteiger partial charge on any atom is 0.203 e. The highest BCUT2D eigenvalue weighted by atomic mass is 19.1. The molecule has 2 rings (SSSR count). The molecule has 0 unspecified atom stereocenters. The predicted molar refractivity (Wildman–Crippen MR) is 66.3 cm³/mol. The molecule has 8 heteroatoms. The van der Waals surface area contributed by atoms with Crippen molar-refractivity contribution in [3.05, 3.63) is 35.1 Å². The van der Waals surface area contributed by atoms with Gasteiger partial charge in [0.25, 0.3) is 0 Å². The monoisotopic (exact) mass is 296 g/mol. The number of halogens is 1. The molecule has 0 aliphatic carbocycles. The van der Waals surface area contributed by atoms with Crippen molar-refractivity contribution in [2.45, 2.75) is 0 Å². The minimum Gasteiger partial charge on any atom is -0.504 e. The van der Waals surface area contributed by atoms with Gasteiger partial charge in [-0.1, -0.05) is 0 Å². The molecule has 0 aromatic heterocycles. The second kappa shape index (κ2) is 4.75. The van der Waals surface area contributed by atoms with E-state index in [0.29, 0.717) is 6.07 Å². The van der Waals surface area contributed by atoms with Gasteiger partial charge in [0.15, 0.2) is 34.6 Å². The lowest BCUT2D eigenvalue weighted by atomic mass is 10.00. The quantitative estimate of drug-likeness (QED) is 0.362. The normalized spacial score (nSPS) is 10.5. The molecule has 0 radical (unpaired) electrons. The highest BCUT2D eigenvalue weighted by Gasteiger charge is 2.25. The Morgan fingerprint density at radius 2 is 1.33 bits per heavy atom. The van der Waals surface area contributed by atoms with E-state index in [1.165, 1.54) is 0 Å². The Kier molecular flexibility index (Phi) is 3.22. The molecule has 6 N–H and O–H groups in total. The van der Waals surface area contributed by atoms with E-state index in [0.717, 1.165) is 12.1 Å². The van der Waals surface area contributed by atoms with Gasteiger partial charge >= 0.3 is 0 Å². The molecule has 21 heavy (non-hydrogen) atoms. The number of hydrogen-bond donors (Lipinski definition) is 6. The first-order valence-electron chi connectivity index (χ1n) is 5.47. The van der Waals surface area contributed by atoms with Crippen molar-refractivity contribution in [3.63, 3.8) is 0 Å². The van der Waals surface area contributed by atoms with Crippen molar-refractivity contribution in [3.8, 4) is 34.5 Å². The average Bonchev–Trinajstić information content (AvgIpc) is 2.46. The zero-order valence-electron chi connectivity index (χ0n) is 10.2. The van der Waals surface area contributed by atoms with Crippen molar-refractivity contribution in [1.82, 2.24) is 0 Å².